The number of rotatable bonds is 5. The van der Waals surface area contributed by atoms with Crippen molar-refractivity contribution in [1.82, 2.24) is 5.32 Å². The van der Waals surface area contributed by atoms with Gasteiger partial charge in [-0.3, -0.25) is 0 Å². The summed E-state index contributed by atoms with van der Waals surface area (Å²) in [6, 6.07) is 17.3. The minimum Gasteiger partial charge on any atom is -0.387 e. The topological polar surface area (TPSA) is 32.3 Å². The predicted octanol–water partition coefficient (Wildman–Crippen LogP) is 3.16. The maximum absolute atomic E-state index is 9.96. The second kappa shape index (κ2) is 6.55. The Morgan fingerprint density at radius 2 is 1.67 bits per heavy atom. The van der Waals surface area contributed by atoms with Crippen LogP contribution in [0.5, 0.6) is 0 Å². The van der Waals surface area contributed by atoms with E-state index >= 15 is 0 Å². The lowest BCUT2D eigenvalue weighted by molar-refractivity contribution is 0.174. The molecule has 0 bridgehead atoms. The summed E-state index contributed by atoms with van der Waals surface area (Å²) in [7, 11) is 0. The minimum atomic E-state index is -0.474. The van der Waals surface area contributed by atoms with Crippen molar-refractivity contribution in [2.75, 3.05) is 6.54 Å². The molecule has 2 rings (SSSR count). The van der Waals surface area contributed by atoms with Crippen LogP contribution in [0.4, 0.5) is 0 Å². The highest BCUT2D eigenvalue weighted by Gasteiger charge is 2.05. The average Bonchev–Trinajstić information content (AvgIpc) is 2.42. The van der Waals surface area contributed by atoms with Crippen molar-refractivity contribution in [1.29, 1.82) is 0 Å². The number of aliphatic hydroxyl groups excluding tert-OH is 1. The third kappa shape index (κ3) is 3.84. The molecule has 0 saturated carbocycles. The molecule has 94 valence electrons. The summed E-state index contributed by atoms with van der Waals surface area (Å²) in [4.78, 5) is 0. The van der Waals surface area contributed by atoms with Gasteiger partial charge in [0.2, 0.25) is 0 Å². The Morgan fingerprint density at radius 1 is 1.00 bits per heavy atom. The molecule has 1 unspecified atom stereocenters. The van der Waals surface area contributed by atoms with Gasteiger partial charge in [0.1, 0.15) is 0 Å². The Labute approximate surface area is 112 Å². The van der Waals surface area contributed by atoms with Crippen LogP contribution in [0.2, 0.25) is 5.02 Å². The zero-order chi connectivity index (χ0) is 12.8. The van der Waals surface area contributed by atoms with Crippen molar-refractivity contribution in [3.05, 3.63) is 70.7 Å². The Balaban J connectivity index is 1.80. The lowest BCUT2D eigenvalue weighted by atomic mass is 10.1. The third-order valence-corrected chi connectivity index (χ3v) is 3.02. The summed E-state index contributed by atoms with van der Waals surface area (Å²) in [6.45, 7) is 1.26. The summed E-state index contributed by atoms with van der Waals surface area (Å²) in [5, 5.41) is 13.9. The van der Waals surface area contributed by atoms with E-state index in [9.17, 15) is 5.11 Å². The second-order valence-electron chi connectivity index (χ2n) is 4.18. The van der Waals surface area contributed by atoms with E-state index in [-0.39, 0.29) is 0 Å². The molecule has 2 nitrogen and oxygen atoms in total. The average molecular weight is 262 g/mol. The third-order valence-electron chi connectivity index (χ3n) is 2.76. The van der Waals surface area contributed by atoms with E-state index in [0.717, 1.165) is 22.7 Å². The normalized spacial score (nSPS) is 12.3. The molecule has 0 saturated heterocycles. The maximum atomic E-state index is 9.96. The molecule has 0 heterocycles. The van der Waals surface area contributed by atoms with Crippen LogP contribution in [0.3, 0.4) is 0 Å². The lowest BCUT2D eigenvalue weighted by Crippen LogP contribution is -2.20. The number of hydrogen-bond donors (Lipinski definition) is 2. The van der Waals surface area contributed by atoms with Gasteiger partial charge in [-0.2, -0.15) is 0 Å². The van der Waals surface area contributed by atoms with Gasteiger partial charge in [-0.25, -0.2) is 0 Å². The van der Waals surface area contributed by atoms with Gasteiger partial charge in [-0.1, -0.05) is 54.1 Å². The van der Waals surface area contributed by atoms with Gasteiger partial charge in [0.25, 0.3) is 0 Å². The van der Waals surface area contributed by atoms with Crippen molar-refractivity contribution in [2.24, 2.45) is 0 Å². The van der Waals surface area contributed by atoms with E-state index in [1.165, 1.54) is 0 Å². The molecule has 0 aliphatic heterocycles. The van der Waals surface area contributed by atoms with Gasteiger partial charge in [0.15, 0.2) is 0 Å². The zero-order valence-corrected chi connectivity index (χ0v) is 10.8. The van der Waals surface area contributed by atoms with Gasteiger partial charge < -0.3 is 10.4 Å². The van der Waals surface area contributed by atoms with Crippen LogP contribution in [-0.2, 0) is 6.54 Å². The van der Waals surface area contributed by atoms with E-state index in [2.05, 4.69) is 5.32 Å². The largest absolute Gasteiger partial charge is 0.387 e. The highest BCUT2D eigenvalue weighted by Crippen LogP contribution is 2.12. The smallest absolute Gasteiger partial charge is 0.0914 e. The molecule has 1 atom stereocenters. The summed E-state index contributed by atoms with van der Waals surface area (Å²) in [5.74, 6) is 0. The Morgan fingerprint density at radius 3 is 2.33 bits per heavy atom. The maximum Gasteiger partial charge on any atom is 0.0914 e. The van der Waals surface area contributed by atoms with Crippen LogP contribution in [0.25, 0.3) is 0 Å². The molecule has 3 heteroatoms. The van der Waals surface area contributed by atoms with E-state index in [0.29, 0.717) is 6.54 Å². The number of nitrogens with one attached hydrogen (secondary N) is 1. The molecule has 2 aromatic carbocycles. The molecule has 0 radical (unpaired) electrons. The van der Waals surface area contributed by atoms with Crippen molar-refractivity contribution >= 4 is 11.6 Å². The standard InChI is InChI=1S/C15H16ClNO/c16-14-8-6-12(7-9-14)10-17-11-15(18)13-4-2-1-3-5-13/h1-9,15,17-18H,10-11H2. The highest BCUT2D eigenvalue weighted by atomic mass is 35.5. The quantitative estimate of drug-likeness (QED) is 0.867. The number of aliphatic hydroxyl groups is 1. The molecular weight excluding hydrogens is 246 g/mol. The first-order chi connectivity index (χ1) is 8.75. The SMILES string of the molecule is OC(CNCc1ccc(Cl)cc1)c1ccccc1. The minimum absolute atomic E-state index is 0.474. The van der Waals surface area contributed by atoms with Gasteiger partial charge in [-0.15, -0.1) is 0 Å². The molecule has 0 aromatic heterocycles. The fraction of sp³-hybridized carbons (Fsp3) is 0.200. The number of hydrogen-bond acceptors (Lipinski definition) is 2. The molecule has 2 aromatic rings. The Hall–Kier alpha value is -1.35. The summed E-state index contributed by atoms with van der Waals surface area (Å²) >= 11 is 5.82. The molecule has 0 amide bonds. The first-order valence-corrected chi connectivity index (χ1v) is 6.31. The van der Waals surface area contributed by atoms with E-state index < -0.39 is 6.10 Å². The zero-order valence-electron chi connectivity index (χ0n) is 10.0. The lowest BCUT2D eigenvalue weighted by Gasteiger charge is -2.12. The van der Waals surface area contributed by atoms with Crippen LogP contribution in [0.1, 0.15) is 17.2 Å². The summed E-state index contributed by atoms with van der Waals surface area (Å²) in [6.07, 6.45) is -0.474. The molecule has 2 N–H and O–H groups in total. The summed E-state index contributed by atoms with van der Waals surface area (Å²) < 4.78 is 0. The van der Waals surface area contributed by atoms with E-state index in [1.54, 1.807) is 0 Å². The first-order valence-electron chi connectivity index (χ1n) is 5.94. The molecule has 0 fully saturated rings. The molecule has 0 aliphatic rings. The Bertz CT molecular complexity index is 470. The number of halogens is 1. The molecule has 18 heavy (non-hydrogen) atoms. The van der Waals surface area contributed by atoms with Crippen molar-refractivity contribution in [2.45, 2.75) is 12.6 Å². The number of benzene rings is 2. The molecule has 0 spiro atoms. The van der Waals surface area contributed by atoms with Crippen LogP contribution >= 0.6 is 11.6 Å². The van der Waals surface area contributed by atoms with Crippen molar-refractivity contribution in [3.63, 3.8) is 0 Å². The monoisotopic (exact) mass is 261 g/mol. The van der Waals surface area contributed by atoms with Crippen LogP contribution in [-0.4, -0.2) is 11.7 Å². The van der Waals surface area contributed by atoms with Crippen molar-refractivity contribution in [3.8, 4) is 0 Å². The second-order valence-corrected chi connectivity index (χ2v) is 4.62. The van der Waals surface area contributed by atoms with Crippen molar-refractivity contribution < 1.29 is 5.11 Å². The van der Waals surface area contributed by atoms with Crippen LogP contribution in [0.15, 0.2) is 54.6 Å². The van der Waals surface area contributed by atoms with E-state index in [1.807, 2.05) is 54.6 Å². The molecule has 0 aliphatic carbocycles. The molecular formula is C15H16ClNO. The van der Waals surface area contributed by atoms with Crippen LogP contribution < -0.4 is 5.32 Å². The highest BCUT2D eigenvalue weighted by molar-refractivity contribution is 6.30. The van der Waals surface area contributed by atoms with Gasteiger partial charge in [0.05, 0.1) is 6.10 Å². The van der Waals surface area contributed by atoms with Gasteiger partial charge in [-0.05, 0) is 23.3 Å². The fourth-order valence-corrected chi connectivity index (χ4v) is 1.87. The van der Waals surface area contributed by atoms with Gasteiger partial charge >= 0.3 is 0 Å². The predicted molar refractivity (Wildman–Crippen MR) is 74.6 cm³/mol. The van der Waals surface area contributed by atoms with Crippen LogP contribution in [0, 0.1) is 0 Å². The van der Waals surface area contributed by atoms with Gasteiger partial charge in [0, 0.05) is 18.1 Å². The van der Waals surface area contributed by atoms with E-state index in [4.69, 9.17) is 11.6 Å². The fourth-order valence-electron chi connectivity index (χ4n) is 1.75. The Kier molecular flexibility index (Phi) is 4.76. The summed E-state index contributed by atoms with van der Waals surface area (Å²) in [5.41, 5.74) is 2.08. The first kappa shape index (κ1) is 13.1.